The van der Waals surface area contributed by atoms with E-state index in [1.165, 1.54) is 17.4 Å². The summed E-state index contributed by atoms with van der Waals surface area (Å²) in [5, 5.41) is 13.0. The van der Waals surface area contributed by atoms with Crippen LogP contribution in [0, 0.1) is 21.1 Å². The quantitative estimate of drug-likeness (QED) is 0.442. The van der Waals surface area contributed by atoms with Gasteiger partial charge < -0.3 is 10.1 Å². The fraction of sp³-hybridized carbons (Fsp3) is 0.286. The highest BCUT2D eigenvalue weighted by atomic mass is 79.9. The monoisotopic (exact) mass is 474 g/mol. The van der Waals surface area contributed by atoms with E-state index in [0.717, 1.165) is 50.0 Å². The zero-order valence-electron chi connectivity index (χ0n) is 15.5. The second-order valence-electron chi connectivity index (χ2n) is 6.73. The first-order chi connectivity index (χ1) is 13.4. The van der Waals surface area contributed by atoms with Crippen LogP contribution in [0.2, 0.25) is 0 Å². The van der Waals surface area contributed by atoms with Crippen LogP contribution in [0.1, 0.15) is 35.6 Å². The minimum absolute atomic E-state index is 0.293. The van der Waals surface area contributed by atoms with E-state index >= 15 is 0 Å². The summed E-state index contributed by atoms with van der Waals surface area (Å²) in [6, 6.07) is 7.82. The molecule has 1 N–H and O–H groups in total. The van der Waals surface area contributed by atoms with Gasteiger partial charge in [0, 0.05) is 6.08 Å². The first kappa shape index (κ1) is 20.7. The van der Waals surface area contributed by atoms with Crippen LogP contribution in [0.15, 0.2) is 28.7 Å². The summed E-state index contributed by atoms with van der Waals surface area (Å²) in [7, 11) is 1.60. The van der Waals surface area contributed by atoms with Gasteiger partial charge in [-0.3, -0.25) is 4.79 Å². The van der Waals surface area contributed by atoms with E-state index in [0.29, 0.717) is 16.5 Å². The van der Waals surface area contributed by atoms with Gasteiger partial charge in [0.15, 0.2) is 0 Å². The third-order valence-corrected chi connectivity index (χ3v) is 6.78. The van der Waals surface area contributed by atoms with E-state index in [1.54, 1.807) is 13.2 Å². The Morgan fingerprint density at radius 3 is 2.93 bits per heavy atom. The van der Waals surface area contributed by atoms with E-state index < -0.39 is 0 Å². The molecule has 3 rings (SSSR count). The minimum Gasteiger partial charge on any atom is -0.496 e. The molecule has 0 saturated carbocycles. The van der Waals surface area contributed by atoms with E-state index in [1.807, 2.05) is 18.2 Å². The van der Waals surface area contributed by atoms with Crippen molar-refractivity contribution >= 4 is 56.5 Å². The Balaban J connectivity index is 1.83. The zero-order valence-corrected chi connectivity index (χ0v) is 18.8. The van der Waals surface area contributed by atoms with Gasteiger partial charge in [0.1, 0.15) is 16.8 Å². The number of ether oxygens (including phenoxy) is 1. The van der Waals surface area contributed by atoms with Gasteiger partial charge in [-0.05, 0) is 76.0 Å². The van der Waals surface area contributed by atoms with Crippen LogP contribution in [-0.4, -0.2) is 13.0 Å². The Kier molecular flexibility index (Phi) is 6.65. The lowest BCUT2D eigenvalue weighted by Gasteiger charge is -2.23. The number of methoxy groups -OCH3 is 1. The number of fused-ring (bicyclic) bond motifs is 1. The molecule has 1 aliphatic rings. The molecule has 0 bridgehead atoms. The van der Waals surface area contributed by atoms with Gasteiger partial charge in [-0.1, -0.05) is 25.2 Å². The summed E-state index contributed by atoms with van der Waals surface area (Å²) < 4.78 is 6.78. The van der Waals surface area contributed by atoms with Crippen LogP contribution in [0.25, 0.3) is 6.08 Å². The molecule has 1 atom stereocenters. The van der Waals surface area contributed by atoms with Crippen molar-refractivity contribution in [2.24, 2.45) is 5.92 Å². The Morgan fingerprint density at radius 1 is 1.46 bits per heavy atom. The van der Waals surface area contributed by atoms with Crippen LogP contribution in [0.5, 0.6) is 5.75 Å². The first-order valence-corrected chi connectivity index (χ1v) is 10.9. The highest BCUT2D eigenvalue weighted by Gasteiger charge is 2.23. The Labute approximate surface area is 182 Å². The molecule has 4 nitrogen and oxygen atoms in total. The maximum absolute atomic E-state index is 12.4. The topological polar surface area (TPSA) is 62.1 Å². The summed E-state index contributed by atoms with van der Waals surface area (Å²) >= 11 is 10.3. The molecule has 1 aromatic carbocycles. The summed E-state index contributed by atoms with van der Waals surface area (Å²) in [6.45, 7) is 2.20. The van der Waals surface area contributed by atoms with Crippen molar-refractivity contribution in [2.75, 3.05) is 12.4 Å². The third kappa shape index (κ3) is 4.52. The zero-order chi connectivity index (χ0) is 20.3. The Morgan fingerprint density at radius 2 is 2.25 bits per heavy atom. The lowest BCUT2D eigenvalue weighted by molar-refractivity contribution is -0.111. The van der Waals surface area contributed by atoms with Crippen molar-refractivity contribution in [3.8, 4) is 11.8 Å². The average molecular weight is 475 g/mol. The van der Waals surface area contributed by atoms with Crippen molar-refractivity contribution in [1.82, 2.24) is 0 Å². The standard InChI is InChI=1S/C21H19BrN2O2S2/c1-12-3-6-14-15(9-12)21(27)28-20(16(14)11-23)24-19(25)8-5-13-4-7-18(26-2)17(22)10-13/h4-5,7-8,10,12H,3,6,9H2,1-2H3,(H,24,25)/b8-5+. The molecule has 0 fully saturated rings. The predicted molar refractivity (Wildman–Crippen MR) is 119 cm³/mol. The second kappa shape index (κ2) is 8.99. The molecule has 0 saturated heterocycles. The number of halogens is 1. The maximum atomic E-state index is 12.4. The first-order valence-electron chi connectivity index (χ1n) is 8.84. The van der Waals surface area contributed by atoms with Gasteiger partial charge in [0.25, 0.3) is 0 Å². The molecular formula is C21H19BrN2O2S2. The SMILES string of the molecule is COc1ccc(/C=C/C(=O)Nc2sc(=S)c3c(c2C#N)CCC(C)C3)cc1Br. The number of rotatable bonds is 4. The molecule has 28 heavy (non-hydrogen) atoms. The fourth-order valence-corrected chi connectivity index (χ4v) is 5.21. The van der Waals surface area contributed by atoms with Crippen LogP contribution in [0.4, 0.5) is 5.00 Å². The summed E-state index contributed by atoms with van der Waals surface area (Å²) in [4.78, 5) is 12.4. The van der Waals surface area contributed by atoms with Crippen LogP contribution >= 0.6 is 39.5 Å². The summed E-state index contributed by atoms with van der Waals surface area (Å²) in [6.07, 6.45) is 5.93. The molecule has 7 heteroatoms. The van der Waals surface area contributed by atoms with Gasteiger partial charge in [-0.25, -0.2) is 0 Å². The minimum atomic E-state index is -0.293. The molecule has 2 aromatic rings. The number of carbonyl (C=O) groups excluding carboxylic acids is 1. The van der Waals surface area contributed by atoms with Crippen molar-refractivity contribution in [1.29, 1.82) is 5.26 Å². The van der Waals surface area contributed by atoms with Crippen LogP contribution < -0.4 is 10.1 Å². The maximum Gasteiger partial charge on any atom is 0.249 e. The highest BCUT2D eigenvalue weighted by Crippen LogP contribution is 2.36. The van der Waals surface area contributed by atoms with Crippen LogP contribution in [-0.2, 0) is 17.6 Å². The Hall–Kier alpha value is -2.01. The molecule has 0 spiro atoms. The normalized spacial score (nSPS) is 15.7. The van der Waals surface area contributed by atoms with Crippen molar-refractivity contribution in [3.63, 3.8) is 0 Å². The molecular weight excluding hydrogens is 456 g/mol. The highest BCUT2D eigenvalue weighted by molar-refractivity contribution is 9.10. The lowest BCUT2D eigenvalue weighted by Crippen LogP contribution is -2.15. The van der Waals surface area contributed by atoms with Gasteiger partial charge in [-0.15, -0.1) is 11.3 Å². The smallest absolute Gasteiger partial charge is 0.249 e. The van der Waals surface area contributed by atoms with E-state index in [-0.39, 0.29) is 5.91 Å². The number of anilines is 1. The van der Waals surface area contributed by atoms with Crippen molar-refractivity contribution in [3.05, 3.63) is 54.8 Å². The largest absolute Gasteiger partial charge is 0.496 e. The van der Waals surface area contributed by atoms with Crippen molar-refractivity contribution < 1.29 is 9.53 Å². The molecule has 0 aliphatic heterocycles. The third-order valence-electron chi connectivity index (χ3n) is 4.73. The molecule has 1 aromatic heterocycles. The number of hydrogen-bond acceptors (Lipinski definition) is 5. The van der Waals surface area contributed by atoms with Crippen molar-refractivity contribution in [2.45, 2.75) is 26.2 Å². The molecule has 1 heterocycles. The summed E-state index contributed by atoms with van der Waals surface area (Å²) in [5.41, 5.74) is 3.51. The number of benzene rings is 1. The second-order valence-corrected chi connectivity index (χ2v) is 9.27. The van der Waals surface area contributed by atoms with Gasteiger partial charge in [0.05, 0.1) is 21.0 Å². The number of nitrogens with one attached hydrogen (secondary N) is 1. The number of hydrogen-bond donors (Lipinski definition) is 1. The summed E-state index contributed by atoms with van der Waals surface area (Å²) in [5.74, 6) is 1.00. The molecule has 1 aliphatic carbocycles. The number of nitrogens with zero attached hydrogens (tertiary/aromatic N) is 1. The fourth-order valence-electron chi connectivity index (χ4n) is 3.26. The van der Waals surface area contributed by atoms with E-state index in [2.05, 4.69) is 34.2 Å². The number of nitriles is 1. The molecule has 1 amide bonds. The lowest BCUT2D eigenvalue weighted by atomic mass is 9.85. The number of amides is 1. The molecule has 0 radical (unpaired) electrons. The number of carbonyl (C=O) groups is 1. The van der Waals surface area contributed by atoms with Gasteiger partial charge in [0.2, 0.25) is 5.91 Å². The molecule has 1 unspecified atom stereocenters. The van der Waals surface area contributed by atoms with E-state index in [9.17, 15) is 10.1 Å². The molecule has 144 valence electrons. The average Bonchev–Trinajstić information content (AvgIpc) is 2.67. The van der Waals surface area contributed by atoms with Gasteiger partial charge >= 0.3 is 0 Å². The Bertz CT molecular complexity index is 1050. The predicted octanol–water partition coefficient (Wildman–Crippen LogP) is 5.90. The van der Waals surface area contributed by atoms with E-state index in [4.69, 9.17) is 17.0 Å². The van der Waals surface area contributed by atoms with Crippen LogP contribution in [0.3, 0.4) is 0 Å². The van der Waals surface area contributed by atoms with Gasteiger partial charge in [-0.2, -0.15) is 5.26 Å².